The molecule has 13 heteroatoms. The molecule has 50 heavy (non-hydrogen) atoms. The van der Waals surface area contributed by atoms with Crippen molar-refractivity contribution in [3.05, 3.63) is 104 Å². The molecule has 0 saturated heterocycles. The second kappa shape index (κ2) is 16.7. The number of hydrogen-bond donors (Lipinski definition) is 2. The van der Waals surface area contributed by atoms with Crippen molar-refractivity contribution in [3.63, 3.8) is 0 Å². The molecule has 0 bridgehead atoms. The summed E-state index contributed by atoms with van der Waals surface area (Å²) in [5.41, 5.74) is 3.69. The number of aryl methyl sites for hydroxylation is 1. The Balaban J connectivity index is 1.46. The largest absolute Gasteiger partial charge is 0.482 e. The summed E-state index contributed by atoms with van der Waals surface area (Å²) in [6, 6.07) is 17.0. The van der Waals surface area contributed by atoms with E-state index in [1.54, 1.807) is 22.9 Å². The van der Waals surface area contributed by atoms with Gasteiger partial charge in [0, 0.05) is 43.5 Å². The number of rotatable bonds is 13. The number of aliphatic hydroxyl groups is 1. The van der Waals surface area contributed by atoms with Crippen molar-refractivity contribution in [1.29, 1.82) is 0 Å². The van der Waals surface area contributed by atoms with Crippen LogP contribution in [0.2, 0.25) is 15.1 Å². The van der Waals surface area contributed by atoms with E-state index in [-0.39, 0.29) is 50.9 Å². The van der Waals surface area contributed by atoms with Crippen LogP contribution in [-0.4, -0.2) is 68.3 Å². The predicted octanol–water partition coefficient (Wildman–Crippen LogP) is 7.72. The van der Waals surface area contributed by atoms with E-state index >= 15 is 0 Å². The lowest BCUT2D eigenvalue weighted by molar-refractivity contribution is -0.118. The smallest absolute Gasteiger partial charge is 0.274 e. The summed E-state index contributed by atoms with van der Waals surface area (Å²) in [7, 11) is 0. The molecule has 10 nitrogen and oxygen atoms in total. The third-order valence-electron chi connectivity index (χ3n) is 8.51. The fourth-order valence-corrected chi connectivity index (χ4v) is 6.38. The number of anilines is 1. The number of halogens is 3. The molecule has 0 saturated carbocycles. The van der Waals surface area contributed by atoms with Gasteiger partial charge >= 0.3 is 0 Å². The maximum Gasteiger partial charge on any atom is 0.274 e. The average molecular weight is 741 g/mol. The van der Waals surface area contributed by atoms with Crippen LogP contribution in [0.4, 0.5) is 5.69 Å². The molecule has 1 unspecified atom stereocenters. The number of fused-ring (bicyclic) bond motifs is 1. The molecule has 3 amide bonds. The van der Waals surface area contributed by atoms with Crippen LogP contribution in [0.5, 0.6) is 5.75 Å². The van der Waals surface area contributed by atoms with Gasteiger partial charge in [-0.1, -0.05) is 85.8 Å². The van der Waals surface area contributed by atoms with Crippen LogP contribution in [0.3, 0.4) is 0 Å². The molecular weight excluding hydrogens is 701 g/mol. The topological polar surface area (TPSA) is 117 Å². The molecule has 264 valence electrons. The van der Waals surface area contributed by atoms with E-state index in [1.807, 2.05) is 36.1 Å². The third kappa shape index (κ3) is 8.61. The standard InChI is InChI=1S/C37H40Cl3N5O5/c1-4-6-14-43(15-7-5-2)37(49)31-16-23(3)45(42-31)32-13-12-26(41-34(46)22-50-33-20-29(39)28(38)19-30(33)40)18-27(32)36(48)44-21-25-11-9-8-10-24(25)17-35(44)47/h8-13,16,18-20,35,47H,4-7,14-15,17,21-22H2,1-3H3,(H,41,46). The third-order valence-corrected chi connectivity index (χ3v) is 9.53. The van der Waals surface area contributed by atoms with E-state index in [4.69, 9.17) is 39.5 Å². The molecule has 3 aromatic carbocycles. The van der Waals surface area contributed by atoms with Crippen molar-refractivity contribution in [2.75, 3.05) is 25.0 Å². The number of ether oxygens (including phenoxy) is 1. The first-order valence-corrected chi connectivity index (χ1v) is 17.8. The minimum atomic E-state index is -1.07. The van der Waals surface area contributed by atoms with Gasteiger partial charge in [0.25, 0.3) is 17.7 Å². The highest BCUT2D eigenvalue weighted by Crippen LogP contribution is 2.34. The van der Waals surface area contributed by atoms with Gasteiger partial charge < -0.3 is 25.0 Å². The van der Waals surface area contributed by atoms with Crippen LogP contribution in [0.25, 0.3) is 5.69 Å². The zero-order chi connectivity index (χ0) is 35.9. The van der Waals surface area contributed by atoms with E-state index in [0.29, 0.717) is 30.2 Å². The van der Waals surface area contributed by atoms with Crippen LogP contribution >= 0.6 is 34.8 Å². The second-order valence-electron chi connectivity index (χ2n) is 12.2. The van der Waals surface area contributed by atoms with Gasteiger partial charge in [-0.15, -0.1) is 0 Å². The Kier molecular flexibility index (Phi) is 12.4. The first-order chi connectivity index (χ1) is 24.0. The van der Waals surface area contributed by atoms with Crippen LogP contribution in [-0.2, 0) is 17.8 Å². The van der Waals surface area contributed by atoms with Crippen molar-refractivity contribution in [2.45, 2.75) is 65.6 Å². The van der Waals surface area contributed by atoms with Gasteiger partial charge in [-0.2, -0.15) is 5.10 Å². The maximum atomic E-state index is 14.3. The van der Waals surface area contributed by atoms with Crippen LogP contribution < -0.4 is 10.1 Å². The lowest BCUT2D eigenvalue weighted by Gasteiger charge is -2.34. The lowest BCUT2D eigenvalue weighted by Crippen LogP contribution is -2.44. The first kappa shape index (κ1) is 37.2. The number of aliphatic hydroxyl groups excluding tert-OH is 1. The number of benzene rings is 3. The van der Waals surface area contributed by atoms with Crippen molar-refractivity contribution in [1.82, 2.24) is 19.6 Å². The minimum Gasteiger partial charge on any atom is -0.482 e. The fourth-order valence-electron chi connectivity index (χ4n) is 5.79. The van der Waals surface area contributed by atoms with Gasteiger partial charge in [0.05, 0.1) is 26.3 Å². The summed E-state index contributed by atoms with van der Waals surface area (Å²) in [5.74, 6) is -0.972. The van der Waals surface area contributed by atoms with Crippen LogP contribution in [0.15, 0.2) is 60.7 Å². The number of carbonyl (C=O) groups is 3. The Labute approximate surface area is 306 Å². The molecule has 1 aliphatic rings. The van der Waals surface area contributed by atoms with Gasteiger partial charge in [-0.05, 0) is 61.2 Å². The monoisotopic (exact) mass is 739 g/mol. The highest BCUT2D eigenvalue weighted by atomic mass is 35.5. The number of amides is 3. The Morgan fingerprint density at radius 1 is 0.940 bits per heavy atom. The predicted molar refractivity (Wildman–Crippen MR) is 196 cm³/mol. The number of nitrogens with zero attached hydrogens (tertiary/aromatic N) is 4. The van der Waals surface area contributed by atoms with Crippen molar-refractivity contribution >= 4 is 58.2 Å². The summed E-state index contributed by atoms with van der Waals surface area (Å²) >= 11 is 18.3. The summed E-state index contributed by atoms with van der Waals surface area (Å²) < 4.78 is 7.14. The van der Waals surface area contributed by atoms with E-state index in [2.05, 4.69) is 24.3 Å². The lowest BCUT2D eigenvalue weighted by atomic mass is 9.97. The molecule has 2 heterocycles. The van der Waals surface area contributed by atoms with Crippen LogP contribution in [0, 0.1) is 6.92 Å². The number of unbranched alkanes of at least 4 members (excludes halogenated alkanes) is 2. The van der Waals surface area contributed by atoms with E-state index < -0.39 is 24.6 Å². The SMILES string of the molecule is CCCCN(CCCC)C(=O)c1cc(C)n(-c2ccc(NC(=O)COc3cc(Cl)c(Cl)cc3Cl)cc2C(=O)N2Cc3ccccc3CC2O)n1. The molecule has 0 radical (unpaired) electrons. The highest BCUT2D eigenvalue weighted by molar-refractivity contribution is 6.43. The highest BCUT2D eigenvalue weighted by Gasteiger charge is 2.31. The molecular formula is C37H40Cl3N5O5. The van der Waals surface area contributed by atoms with Gasteiger partial charge in [0.1, 0.15) is 12.0 Å². The van der Waals surface area contributed by atoms with Gasteiger partial charge in [0.2, 0.25) is 0 Å². The van der Waals surface area contributed by atoms with Crippen LogP contribution in [0.1, 0.15) is 77.2 Å². The Bertz CT molecular complexity index is 1870. The molecule has 4 aromatic rings. The summed E-state index contributed by atoms with van der Waals surface area (Å²) in [4.78, 5) is 44.2. The van der Waals surface area contributed by atoms with E-state index in [1.165, 1.54) is 23.1 Å². The van der Waals surface area contributed by atoms with E-state index in [9.17, 15) is 19.5 Å². The first-order valence-electron chi connectivity index (χ1n) is 16.6. The summed E-state index contributed by atoms with van der Waals surface area (Å²) in [5, 5.41) is 19.2. The number of nitrogens with one attached hydrogen (secondary N) is 1. The molecule has 0 spiro atoms. The van der Waals surface area contributed by atoms with E-state index in [0.717, 1.165) is 36.8 Å². The molecule has 1 atom stereocenters. The maximum absolute atomic E-state index is 14.3. The second-order valence-corrected chi connectivity index (χ2v) is 13.5. The zero-order valence-electron chi connectivity index (χ0n) is 28.2. The molecule has 0 aliphatic carbocycles. The fraction of sp³-hybridized carbons (Fsp3) is 0.351. The summed E-state index contributed by atoms with van der Waals surface area (Å²) in [6.45, 7) is 7.04. The molecule has 2 N–H and O–H groups in total. The Morgan fingerprint density at radius 3 is 2.32 bits per heavy atom. The Hall–Kier alpha value is -4.09. The minimum absolute atomic E-state index is 0.171. The number of hydrogen-bond acceptors (Lipinski definition) is 6. The molecule has 1 aromatic heterocycles. The average Bonchev–Trinajstić information content (AvgIpc) is 3.49. The van der Waals surface area contributed by atoms with Crippen molar-refractivity contribution in [2.24, 2.45) is 0 Å². The quantitative estimate of drug-likeness (QED) is 0.136. The molecule has 5 rings (SSSR count). The summed E-state index contributed by atoms with van der Waals surface area (Å²) in [6.07, 6.45) is 2.88. The normalized spacial score (nSPS) is 13.9. The number of aromatic nitrogens is 2. The molecule has 1 aliphatic heterocycles. The van der Waals surface area contributed by atoms with Gasteiger partial charge in [-0.3, -0.25) is 14.4 Å². The van der Waals surface area contributed by atoms with Crippen molar-refractivity contribution in [3.8, 4) is 11.4 Å². The molecule has 0 fully saturated rings. The Morgan fingerprint density at radius 2 is 1.62 bits per heavy atom. The van der Waals surface area contributed by atoms with Gasteiger partial charge in [-0.25, -0.2) is 4.68 Å². The number of carbonyl (C=O) groups excluding carboxylic acids is 3. The zero-order valence-corrected chi connectivity index (χ0v) is 30.5. The van der Waals surface area contributed by atoms with Crippen molar-refractivity contribution < 1.29 is 24.2 Å². The van der Waals surface area contributed by atoms with Gasteiger partial charge in [0.15, 0.2) is 12.3 Å².